The van der Waals surface area contributed by atoms with Crippen LogP contribution >= 0.6 is 23.2 Å². The van der Waals surface area contributed by atoms with Gasteiger partial charge in [0.15, 0.2) is 0 Å². The quantitative estimate of drug-likeness (QED) is 0.569. The van der Waals surface area contributed by atoms with Gasteiger partial charge in [0, 0.05) is 29.1 Å². The van der Waals surface area contributed by atoms with Gasteiger partial charge < -0.3 is 5.32 Å². The van der Waals surface area contributed by atoms with Crippen LogP contribution < -0.4 is 5.32 Å². The minimum Gasteiger partial charge on any atom is -0.352 e. The van der Waals surface area contributed by atoms with E-state index in [-0.39, 0.29) is 11.8 Å². The molecule has 0 aliphatic carbocycles. The highest BCUT2D eigenvalue weighted by atomic mass is 35.5. The van der Waals surface area contributed by atoms with Crippen molar-refractivity contribution in [3.63, 3.8) is 0 Å². The fraction of sp³-hybridized carbons (Fsp3) is 0.292. The maximum atomic E-state index is 12.7. The van der Waals surface area contributed by atoms with E-state index in [2.05, 4.69) is 34.5 Å². The lowest BCUT2D eigenvalue weighted by atomic mass is 9.95. The number of amides is 1. The minimum atomic E-state index is 0.0712. The number of piperidine rings is 1. The molecule has 1 aliphatic heterocycles. The topological polar surface area (TPSA) is 32.3 Å². The summed E-state index contributed by atoms with van der Waals surface area (Å²) in [6.45, 7) is 3.15. The predicted octanol–water partition coefficient (Wildman–Crippen LogP) is 5.68. The Morgan fingerprint density at radius 2 is 1.72 bits per heavy atom. The molecule has 0 bridgehead atoms. The van der Waals surface area contributed by atoms with E-state index in [0.29, 0.717) is 16.6 Å². The van der Waals surface area contributed by atoms with E-state index in [0.717, 1.165) is 43.6 Å². The van der Waals surface area contributed by atoms with Crippen molar-refractivity contribution in [2.45, 2.75) is 25.9 Å². The van der Waals surface area contributed by atoms with Crippen LogP contribution in [0.25, 0.3) is 10.8 Å². The van der Waals surface area contributed by atoms with E-state index < -0.39 is 0 Å². The molecular weight excluding hydrogens is 403 g/mol. The van der Waals surface area contributed by atoms with Crippen LogP contribution in [0.3, 0.4) is 0 Å². The first-order chi connectivity index (χ1) is 14.1. The maximum absolute atomic E-state index is 12.7. The van der Waals surface area contributed by atoms with Gasteiger partial charge in [0.2, 0.25) is 5.91 Å². The summed E-state index contributed by atoms with van der Waals surface area (Å²) in [7, 11) is 0. The Bertz CT molecular complexity index is 1010. The van der Waals surface area contributed by atoms with Gasteiger partial charge in [-0.1, -0.05) is 71.7 Å². The van der Waals surface area contributed by atoms with E-state index >= 15 is 0 Å². The zero-order valence-electron chi connectivity index (χ0n) is 16.2. The van der Waals surface area contributed by atoms with E-state index in [1.165, 1.54) is 10.8 Å². The molecule has 0 unspecified atom stereocenters. The molecule has 1 saturated heterocycles. The van der Waals surface area contributed by atoms with E-state index in [1.54, 1.807) is 6.07 Å². The molecule has 4 rings (SSSR count). The van der Waals surface area contributed by atoms with Crippen molar-refractivity contribution >= 4 is 39.9 Å². The lowest BCUT2D eigenvalue weighted by Gasteiger charge is -2.31. The normalized spacial score (nSPS) is 15.5. The highest BCUT2D eigenvalue weighted by Gasteiger charge is 2.25. The summed E-state index contributed by atoms with van der Waals surface area (Å²) in [5, 5.41) is 6.90. The van der Waals surface area contributed by atoms with Crippen molar-refractivity contribution in [1.82, 2.24) is 10.2 Å². The van der Waals surface area contributed by atoms with Gasteiger partial charge in [-0.25, -0.2) is 0 Å². The Kier molecular flexibility index (Phi) is 6.39. The fourth-order valence-corrected chi connectivity index (χ4v) is 4.49. The van der Waals surface area contributed by atoms with Crippen LogP contribution in [-0.4, -0.2) is 23.9 Å². The highest BCUT2D eigenvalue weighted by Crippen LogP contribution is 2.25. The molecule has 0 aromatic heterocycles. The molecule has 5 heteroatoms. The van der Waals surface area contributed by atoms with E-state index in [9.17, 15) is 4.79 Å². The summed E-state index contributed by atoms with van der Waals surface area (Å²) in [5.74, 6) is 0.226. The van der Waals surface area contributed by atoms with Crippen LogP contribution in [0.1, 0.15) is 24.0 Å². The van der Waals surface area contributed by atoms with Crippen LogP contribution in [0.5, 0.6) is 0 Å². The first kappa shape index (κ1) is 20.2. The zero-order valence-corrected chi connectivity index (χ0v) is 17.7. The smallest absolute Gasteiger partial charge is 0.223 e. The molecule has 150 valence electrons. The molecule has 0 atom stereocenters. The molecule has 0 radical (unpaired) electrons. The SMILES string of the molecule is O=C(NCc1cccc2ccccc12)C1CCN(Cc2ccc(Cl)cc2Cl)CC1. The van der Waals surface area contributed by atoms with Crippen molar-refractivity contribution in [1.29, 1.82) is 0 Å². The van der Waals surface area contributed by atoms with Gasteiger partial charge in [-0.2, -0.15) is 0 Å². The highest BCUT2D eigenvalue weighted by molar-refractivity contribution is 6.35. The van der Waals surface area contributed by atoms with Gasteiger partial charge in [0.05, 0.1) is 0 Å². The summed E-state index contributed by atoms with van der Waals surface area (Å²) in [6, 6.07) is 20.1. The molecule has 0 spiro atoms. The van der Waals surface area contributed by atoms with Gasteiger partial charge in [-0.05, 0) is 60.0 Å². The second kappa shape index (κ2) is 9.17. The minimum absolute atomic E-state index is 0.0712. The molecule has 1 amide bonds. The Morgan fingerprint density at radius 3 is 2.52 bits per heavy atom. The number of nitrogens with one attached hydrogen (secondary N) is 1. The van der Waals surface area contributed by atoms with Crippen molar-refractivity contribution in [2.24, 2.45) is 5.92 Å². The maximum Gasteiger partial charge on any atom is 0.223 e. The molecule has 1 aliphatic rings. The summed E-state index contributed by atoms with van der Waals surface area (Å²) in [5.41, 5.74) is 2.24. The first-order valence-corrected chi connectivity index (χ1v) is 10.8. The van der Waals surface area contributed by atoms with Crippen LogP contribution in [0.2, 0.25) is 10.0 Å². The molecule has 1 fully saturated rings. The van der Waals surface area contributed by atoms with Gasteiger partial charge in [-0.15, -0.1) is 0 Å². The molecule has 1 N–H and O–H groups in total. The van der Waals surface area contributed by atoms with Gasteiger partial charge >= 0.3 is 0 Å². The average molecular weight is 427 g/mol. The molecule has 3 aromatic carbocycles. The molecule has 0 saturated carbocycles. The van der Waals surface area contributed by atoms with Crippen molar-refractivity contribution in [3.8, 4) is 0 Å². The van der Waals surface area contributed by atoms with E-state index in [4.69, 9.17) is 23.2 Å². The number of hydrogen-bond acceptors (Lipinski definition) is 2. The van der Waals surface area contributed by atoms with Crippen LogP contribution in [0.15, 0.2) is 60.7 Å². The lowest BCUT2D eigenvalue weighted by molar-refractivity contribution is -0.126. The number of halogens is 2. The number of carbonyl (C=O) groups is 1. The summed E-state index contributed by atoms with van der Waals surface area (Å²) in [6.07, 6.45) is 1.74. The third-order valence-electron chi connectivity index (χ3n) is 5.70. The number of rotatable bonds is 5. The monoisotopic (exact) mass is 426 g/mol. The van der Waals surface area contributed by atoms with Crippen LogP contribution in [0, 0.1) is 5.92 Å². The average Bonchev–Trinajstić information content (AvgIpc) is 2.74. The third kappa shape index (κ3) is 4.92. The van der Waals surface area contributed by atoms with Crippen LogP contribution in [-0.2, 0) is 17.9 Å². The molecule has 1 heterocycles. The summed E-state index contributed by atoms with van der Waals surface area (Å²) >= 11 is 12.3. The van der Waals surface area contributed by atoms with Gasteiger partial charge in [0.1, 0.15) is 0 Å². The molecular formula is C24H24Cl2N2O. The van der Waals surface area contributed by atoms with Crippen molar-refractivity contribution in [2.75, 3.05) is 13.1 Å². The number of fused-ring (bicyclic) bond motifs is 1. The lowest BCUT2D eigenvalue weighted by Crippen LogP contribution is -2.40. The number of likely N-dealkylation sites (tertiary alicyclic amines) is 1. The molecule has 3 aromatic rings. The number of hydrogen-bond donors (Lipinski definition) is 1. The second-order valence-electron chi connectivity index (χ2n) is 7.64. The Labute approximate surface area is 181 Å². The third-order valence-corrected chi connectivity index (χ3v) is 6.29. The Balaban J connectivity index is 1.30. The first-order valence-electron chi connectivity index (χ1n) is 10.0. The summed E-state index contributed by atoms with van der Waals surface area (Å²) < 4.78 is 0. The van der Waals surface area contributed by atoms with E-state index in [1.807, 2.05) is 30.3 Å². The Hall–Kier alpha value is -2.07. The molecule has 3 nitrogen and oxygen atoms in total. The predicted molar refractivity (Wildman–Crippen MR) is 120 cm³/mol. The zero-order chi connectivity index (χ0) is 20.2. The second-order valence-corrected chi connectivity index (χ2v) is 8.49. The standard InChI is InChI=1S/C24H24Cl2N2O/c25-21-9-8-20(23(26)14-21)16-28-12-10-18(11-13-28)24(29)27-15-19-6-3-5-17-4-1-2-7-22(17)19/h1-9,14,18H,10-13,15-16H2,(H,27,29). The van der Waals surface area contributed by atoms with Gasteiger partial charge in [-0.3, -0.25) is 9.69 Å². The number of nitrogens with zero attached hydrogens (tertiary/aromatic N) is 1. The summed E-state index contributed by atoms with van der Waals surface area (Å²) in [4.78, 5) is 15.0. The fourth-order valence-electron chi connectivity index (χ4n) is 4.02. The number of benzene rings is 3. The van der Waals surface area contributed by atoms with Crippen molar-refractivity contribution < 1.29 is 4.79 Å². The molecule has 29 heavy (non-hydrogen) atoms. The van der Waals surface area contributed by atoms with Crippen molar-refractivity contribution in [3.05, 3.63) is 81.8 Å². The van der Waals surface area contributed by atoms with Gasteiger partial charge in [0.25, 0.3) is 0 Å². The number of carbonyl (C=O) groups excluding carboxylic acids is 1. The van der Waals surface area contributed by atoms with Crippen LogP contribution in [0.4, 0.5) is 0 Å². The Morgan fingerprint density at radius 1 is 0.966 bits per heavy atom. The largest absolute Gasteiger partial charge is 0.352 e.